The van der Waals surface area contributed by atoms with Crippen LogP contribution in [0.15, 0.2) is 152 Å². The topological polar surface area (TPSA) is 36.7 Å². The fourth-order valence-corrected chi connectivity index (χ4v) is 8.94. The normalized spacial score (nSPS) is 11.5. The zero-order valence-corrected chi connectivity index (χ0v) is 34.5. The number of rotatable bonds is 4. The summed E-state index contributed by atoms with van der Waals surface area (Å²) < 4.78 is 1.21. The third-order valence-electron chi connectivity index (χ3n) is 10.4. The van der Waals surface area contributed by atoms with Gasteiger partial charge in [-0.05, 0) is 126 Å². The summed E-state index contributed by atoms with van der Waals surface area (Å²) >= 11 is 1.73. The van der Waals surface area contributed by atoms with E-state index in [0.717, 1.165) is 45.6 Å². The maximum atomic E-state index is 10.2. The summed E-state index contributed by atoms with van der Waals surface area (Å²) in [4.78, 5) is 4.87. The van der Waals surface area contributed by atoms with E-state index in [9.17, 15) is 5.26 Å². The lowest BCUT2D eigenvalue weighted by Crippen LogP contribution is -2.01. The predicted octanol–water partition coefficient (Wildman–Crippen LogP) is 16.3. The zero-order valence-electron chi connectivity index (χ0n) is 33.7. The molecule has 9 aromatic rings. The lowest BCUT2D eigenvalue weighted by atomic mass is 9.83. The number of nitrogens with zero attached hydrogens (tertiary/aromatic N) is 2. The summed E-state index contributed by atoms with van der Waals surface area (Å²) in [6, 6.07) is 54.6. The molecular weight excluding hydrogens is 709 g/mol. The molecule has 10 rings (SSSR count). The lowest BCUT2D eigenvalue weighted by Gasteiger charge is -2.21. The highest BCUT2D eigenvalue weighted by Crippen LogP contribution is 2.41. The first-order valence-electron chi connectivity index (χ1n) is 20.4. The summed E-state index contributed by atoms with van der Waals surface area (Å²) in [7, 11) is 0. The largest absolute Gasteiger partial charge is 0.236 e. The quantitative estimate of drug-likeness (QED) is 0.168. The van der Waals surface area contributed by atoms with E-state index in [0.29, 0.717) is 5.56 Å². The molecule has 0 aliphatic heterocycles. The van der Waals surface area contributed by atoms with Gasteiger partial charge in [-0.25, -0.2) is 4.98 Å². The molecule has 0 unspecified atom stereocenters. The van der Waals surface area contributed by atoms with Crippen molar-refractivity contribution in [2.75, 3.05) is 0 Å². The van der Waals surface area contributed by atoms with E-state index in [4.69, 9.17) is 4.98 Å². The van der Waals surface area contributed by atoms with E-state index in [1.54, 1.807) is 11.3 Å². The van der Waals surface area contributed by atoms with Gasteiger partial charge >= 0.3 is 0 Å². The molecule has 0 bridgehead atoms. The smallest absolute Gasteiger partial charge is 0.124 e. The molecule has 0 amide bonds. The molecule has 0 saturated carbocycles. The van der Waals surface area contributed by atoms with Crippen LogP contribution in [-0.4, -0.2) is 4.98 Å². The van der Waals surface area contributed by atoms with Crippen LogP contribution in [0.1, 0.15) is 64.7 Å². The van der Waals surface area contributed by atoms with Crippen LogP contribution in [0.25, 0.3) is 92.6 Å². The maximum Gasteiger partial charge on any atom is 0.124 e. The van der Waals surface area contributed by atoms with Crippen molar-refractivity contribution in [2.45, 2.75) is 54.4 Å². The van der Waals surface area contributed by atoms with Crippen molar-refractivity contribution in [1.29, 1.82) is 5.26 Å². The summed E-state index contributed by atoms with van der Waals surface area (Å²) in [5, 5.41) is 18.8. The summed E-state index contributed by atoms with van der Waals surface area (Å²) in [5.74, 6) is 0. The Bertz CT molecular complexity index is 2850. The number of thiazole rings is 1. The highest BCUT2D eigenvalue weighted by molar-refractivity contribution is 7.21. The molecule has 0 saturated heterocycles. The average molecular weight is 757 g/mol. The van der Waals surface area contributed by atoms with E-state index in [1.807, 2.05) is 59.7 Å². The highest BCUT2D eigenvalue weighted by Gasteiger charge is 2.18. The van der Waals surface area contributed by atoms with Gasteiger partial charge in [-0.2, -0.15) is 5.26 Å². The van der Waals surface area contributed by atoms with Crippen LogP contribution in [0, 0.1) is 11.3 Å². The second-order valence-corrected chi connectivity index (χ2v) is 14.4. The Kier molecular flexibility index (Phi) is 12.0. The van der Waals surface area contributed by atoms with Gasteiger partial charge in [-0.1, -0.05) is 163 Å². The fraction of sp³-hybridized carbons (Fsp3) is 0.148. The Morgan fingerprint density at radius 2 is 1.07 bits per heavy atom. The molecule has 1 aromatic heterocycles. The molecule has 0 spiro atoms. The molecule has 1 aliphatic rings. The van der Waals surface area contributed by atoms with Crippen molar-refractivity contribution in [3.05, 3.63) is 168 Å². The minimum Gasteiger partial charge on any atom is -0.236 e. The average Bonchev–Trinajstić information content (AvgIpc) is 3.75. The zero-order chi connectivity index (χ0) is 39.9. The van der Waals surface area contributed by atoms with Crippen LogP contribution in [0.4, 0.5) is 0 Å². The standard InChI is InChI=1S/C48H30N2S.3C2H6/c49-29-30-25-34(33-21-22-44-42-13-4-3-11-40(42)41-12-5-6-14-43(41)45(44)28-33)27-35(26-30)37-24-23-36(38-9-1-2-10-39(37)38)31-17-19-32(20-18-31)48-50-46-15-7-8-16-47(46)51-48;3*1-2/h1,3-9,11-28H,2,10H2;3*1-2H3. The lowest BCUT2D eigenvalue weighted by molar-refractivity contribution is 0.989. The van der Waals surface area contributed by atoms with Gasteiger partial charge in [-0.3, -0.25) is 0 Å². The Morgan fingerprint density at radius 3 is 1.74 bits per heavy atom. The number of aromatic nitrogens is 1. The Balaban J connectivity index is 0.000000792. The van der Waals surface area contributed by atoms with Gasteiger partial charge < -0.3 is 0 Å². The number of nitriles is 1. The number of fused-ring (bicyclic) bond motifs is 8. The first-order chi connectivity index (χ1) is 28.2. The number of allylic oxidation sites excluding steroid dienone is 1. The van der Waals surface area contributed by atoms with E-state index in [1.165, 1.54) is 64.8 Å². The minimum absolute atomic E-state index is 0.667. The molecule has 8 aromatic carbocycles. The van der Waals surface area contributed by atoms with Gasteiger partial charge in [0.15, 0.2) is 0 Å². The Labute approximate surface area is 341 Å². The van der Waals surface area contributed by atoms with Gasteiger partial charge in [0, 0.05) is 5.56 Å². The second-order valence-electron chi connectivity index (χ2n) is 13.3. The minimum atomic E-state index is 0.667. The molecule has 0 radical (unpaired) electrons. The van der Waals surface area contributed by atoms with Crippen LogP contribution >= 0.6 is 11.3 Å². The highest BCUT2D eigenvalue weighted by atomic mass is 32.1. The summed E-state index contributed by atoms with van der Waals surface area (Å²) in [6.07, 6.45) is 6.52. The third kappa shape index (κ3) is 7.38. The van der Waals surface area contributed by atoms with Gasteiger partial charge in [0.25, 0.3) is 0 Å². The van der Waals surface area contributed by atoms with Crippen molar-refractivity contribution < 1.29 is 0 Å². The molecule has 0 N–H and O–H groups in total. The van der Waals surface area contributed by atoms with E-state index in [2.05, 4.69) is 146 Å². The van der Waals surface area contributed by atoms with Crippen molar-refractivity contribution in [3.8, 4) is 50.0 Å². The van der Waals surface area contributed by atoms with Gasteiger partial charge in [0.05, 0.1) is 21.8 Å². The molecule has 0 fully saturated rings. The molecule has 1 heterocycles. The van der Waals surface area contributed by atoms with Crippen molar-refractivity contribution in [1.82, 2.24) is 4.98 Å². The molecule has 2 nitrogen and oxygen atoms in total. The van der Waals surface area contributed by atoms with Crippen molar-refractivity contribution in [2.24, 2.45) is 0 Å². The molecule has 0 atom stereocenters. The molecule has 57 heavy (non-hydrogen) atoms. The van der Waals surface area contributed by atoms with E-state index < -0.39 is 0 Å². The van der Waals surface area contributed by atoms with Gasteiger partial charge in [0.1, 0.15) is 5.01 Å². The third-order valence-corrected chi connectivity index (χ3v) is 11.5. The summed E-state index contributed by atoms with van der Waals surface area (Å²) in [5.41, 5.74) is 12.3. The SMILES string of the molecule is CC.CC.CC.N#Cc1cc(-c2ccc3c4ccccc4c4ccccc4c3c2)cc(-c2ccc(-c3ccc(-c4nc5ccccc5s4)cc3)c3c2CCC=C3)c1. The van der Waals surface area contributed by atoms with Crippen molar-refractivity contribution in [3.63, 3.8) is 0 Å². The van der Waals surface area contributed by atoms with Gasteiger partial charge in [0.2, 0.25) is 0 Å². The van der Waals surface area contributed by atoms with Crippen LogP contribution < -0.4 is 0 Å². The molecule has 280 valence electrons. The summed E-state index contributed by atoms with van der Waals surface area (Å²) in [6.45, 7) is 12.0. The van der Waals surface area contributed by atoms with Crippen LogP contribution in [0.3, 0.4) is 0 Å². The predicted molar refractivity (Wildman–Crippen MR) is 250 cm³/mol. The van der Waals surface area contributed by atoms with Crippen molar-refractivity contribution >= 4 is 59.9 Å². The fourth-order valence-electron chi connectivity index (χ4n) is 7.97. The molecule has 3 heteroatoms. The van der Waals surface area contributed by atoms with Crippen LogP contribution in [-0.2, 0) is 6.42 Å². The number of para-hydroxylation sites is 1. The number of hydrogen-bond acceptors (Lipinski definition) is 3. The number of hydrogen-bond donors (Lipinski definition) is 0. The Hall–Kier alpha value is -6.34. The maximum absolute atomic E-state index is 10.2. The second kappa shape index (κ2) is 17.6. The monoisotopic (exact) mass is 756 g/mol. The number of benzene rings is 8. The molecule has 1 aliphatic carbocycles. The van der Waals surface area contributed by atoms with Crippen LogP contribution in [0.5, 0.6) is 0 Å². The van der Waals surface area contributed by atoms with Gasteiger partial charge in [-0.15, -0.1) is 11.3 Å². The Morgan fingerprint density at radius 1 is 0.509 bits per heavy atom. The van der Waals surface area contributed by atoms with E-state index in [-0.39, 0.29) is 0 Å². The van der Waals surface area contributed by atoms with E-state index >= 15 is 0 Å². The molecular formula is C54H48N2S. The first-order valence-corrected chi connectivity index (χ1v) is 21.2. The first kappa shape index (κ1) is 38.9. The van der Waals surface area contributed by atoms with Crippen LogP contribution in [0.2, 0.25) is 0 Å².